The molecule has 1 aromatic rings. The molecule has 136 valence electrons. The Morgan fingerprint density at radius 1 is 1.04 bits per heavy atom. The monoisotopic (exact) mass is 347 g/mol. The Morgan fingerprint density at radius 2 is 1.64 bits per heavy atom. The molecule has 5 nitrogen and oxygen atoms in total. The SMILES string of the molecule is CC(C)(C)NC(=O)C1CC1C(=O)N1CCN(c2ccc(F)cc2)CC1. The maximum atomic E-state index is 13.0. The van der Waals surface area contributed by atoms with Crippen LogP contribution in [0.3, 0.4) is 0 Å². The predicted octanol–water partition coefficient (Wildman–Crippen LogP) is 2.03. The number of halogens is 1. The molecule has 2 unspecified atom stereocenters. The first-order valence-corrected chi connectivity index (χ1v) is 8.86. The largest absolute Gasteiger partial charge is 0.368 e. The molecule has 3 rings (SSSR count). The van der Waals surface area contributed by atoms with Crippen molar-refractivity contribution in [2.75, 3.05) is 31.1 Å². The molecule has 2 atom stereocenters. The average Bonchev–Trinajstić information content (AvgIpc) is 3.34. The fourth-order valence-corrected chi connectivity index (χ4v) is 3.29. The summed E-state index contributed by atoms with van der Waals surface area (Å²) in [5.41, 5.74) is 0.705. The number of anilines is 1. The molecule has 1 aliphatic heterocycles. The summed E-state index contributed by atoms with van der Waals surface area (Å²) in [6.45, 7) is 8.56. The standard InChI is InChI=1S/C19H26FN3O2/c1-19(2,3)21-17(24)15-12-16(15)18(25)23-10-8-22(9-11-23)14-6-4-13(20)5-7-14/h4-7,15-16H,8-12H2,1-3H3,(H,21,24). The van der Waals surface area contributed by atoms with Gasteiger partial charge in [0.15, 0.2) is 0 Å². The van der Waals surface area contributed by atoms with E-state index in [1.54, 1.807) is 12.1 Å². The first-order valence-electron chi connectivity index (χ1n) is 8.86. The fourth-order valence-electron chi connectivity index (χ4n) is 3.29. The second-order valence-corrected chi connectivity index (χ2v) is 7.98. The van der Waals surface area contributed by atoms with Crippen LogP contribution in [-0.2, 0) is 9.59 Å². The van der Waals surface area contributed by atoms with E-state index < -0.39 is 0 Å². The molecule has 2 fully saturated rings. The average molecular weight is 347 g/mol. The van der Waals surface area contributed by atoms with Crippen molar-refractivity contribution in [2.45, 2.75) is 32.7 Å². The molecule has 6 heteroatoms. The Bertz CT molecular complexity index is 646. The number of carbonyl (C=O) groups is 2. The van der Waals surface area contributed by atoms with Gasteiger partial charge in [0.1, 0.15) is 5.82 Å². The number of benzene rings is 1. The lowest BCUT2D eigenvalue weighted by atomic mass is 10.1. The Balaban J connectivity index is 1.49. The summed E-state index contributed by atoms with van der Waals surface area (Å²) in [6.07, 6.45) is 0.652. The number of hydrogen-bond acceptors (Lipinski definition) is 3. The van der Waals surface area contributed by atoms with Crippen molar-refractivity contribution >= 4 is 17.5 Å². The van der Waals surface area contributed by atoms with Gasteiger partial charge in [0, 0.05) is 37.4 Å². The minimum absolute atomic E-state index is 0.0178. The summed E-state index contributed by atoms with van der Waals surface area (Å²) in [4.78, 5) is 28.8. The molecule has 1 N–H and O–H groups in total. The van der Waals surface area contributed by atoms with Crippen LogP contribution in [0.2, 0.25) is 0 Å². The van der Waals surface area contributed by atoms with Crippen LogP contribution in [0.5, 0.6) is 0 Å². The van der Waals surface area contributed by atoms with Gasteiger partial charge in [0.05, 0.1) is 11.8 Å². The molecule has 1 aromatic carbocycles. The van der Waals surface area contributed by atoms with Crippen molar-refractivity contribution < 1.29 is 14.0 Å². The first-order chi connectivity index (χ1) is 11.7. The van der Waals surface area contributed by atoms with Crippen LogP contribution in [0.25, 0.3) is 0 Å². The van der Waals surface area contributed by atoms with Gasteiger partial charge >= 0.3 is 0 Å². The summed E-state index contributed by atoms with van der Waals surface area (Å²) < 4.78 is 13.0. The van der Waals surface area contributed by atoms with Gasteiger partial charge in [-0.25, -0.2) is 4.39 Å². The van der Waals surface area contributed by atoms with Crippen molar-refractivity contribution in [3.63, 3.8) is 0 Å². The minimum atomic E-state index is -0.270. The zero-order chi connectivity index (χ0) is 18.2. The van der Waals surface area contributed by atoms with Crippen LogP contribution >= 0.6 is 0 Å². The Labute approximate surface area is 148 Å². The van der Waals surface area contributed by atoms with Crippen molar-refractivity contribution in [1.82, 2.24) is 10.2 Å². The van der Waals surface area contributed by atoms with E-state index >= 15 is 0 Å². The lowest BCUT2D eigenvalue weighted by Gasteiger charge is -2.36. The van der Waals surface area contributed by atoms with Crippen molar-refractivity contribution in [1.29, 1.82) is 0 Å². The van der Waals surface area contributed by atoms with E-state index in [-0.39, 0.29) is 35.0 Å². The van der Waals surface area contributed by atoms with E-state index in [0.29, 0.717) is 19.5 Å². The molecule has 1 heterocycles. The summed E-state index contributed by atoms with van der Waals surface area (Å²) in [7, 11) is 0. The van der Waals surface area contributed by atoms with Crippen LogP contribution in [0.15, 0.2) is 24.3 Å². The van der Waals surface area contributed by atoms with Gasteiger partial charge in [-0.2, -0.15) is 0 Å². The van der Waals surface area contributed by atoms with E-state index in [1.165, 1.54) is 12.1 Å². The third-order valence-corrected chi connectivity index (χ3v) is 4.73. The normalized spacial score (nSPS) is 23.4. The Hall–Kier alpha value is -2.11. The number of rotatable bonds is 3. The smallest absolute Gasteiger partial charge is 0.226 e. The summed E-state index contributed by atoms with van der Waals surface area (Å²) in [5.74, 6) is -0.518. The number of hydrogen-bond donors (Lipinski definition) is 1. The number of carbonyl (C=O) groups excluding carboxylic acids is 2. The molecule has 25 heavy (non-hydrogen) atoms. The highest BCUT2D eigenvalue weighted by molar-refractivity contribution is 5.92. The van der Waals surface area contributed by atoms with E-state index in [9.17, 15) is 14.0 Å². The lowest BCUT2D eigenvalue weighted by molar-refractivity contribution is -0.135. The molecule has 1 saturated carbocycles. The van der Waals surface area contributed by atoms with Gasteiger partial charge in [-0.15, -0.1) is 0 Å². The summed E-state index contributed by atoms with van der Waals surface area (Å²) in [6, 6.07) is 6.44. The van der Waals surface area contributed by atoms with E-state index in [2.05, 4.69) is 10.2 Å². The molecule has 0 radical (unpaired) electrons. The Morgan fingerprint density at radius 3 is 2.20 bits per heavy atom. The quantitative estimate of drug-likeness (QED) is 0.910. The molecule has 2 amide bonds. The molecule has 0 spiro atoms. The van der Waals surface area contributed by atoms with E-state index in [0.717, 1.165) is 18.8 Å². The molecule has 0 bridgehead atoms. The molecule has 0 aromatic heterocycles. The zero-order valence-electron chi connectivity index (χ0n) is 15.1. The molecule has 1 aliphatic carbocycles. The van der Waals surface area contributed by atoms with E-state index in [4.69, 9.17) is 0 Å². The number of piperazine rings is 1. The second kappa shape index (κ2) is 6.65. The lowest BCUT2D eigenvalue weighted by Crippen LogP contribution is -2.49. The molecular formula is C19H26FN3O2. The third kappa shape index (κ3) is 4.30. The predicted molar refractivity (Wildman–Crippen MR) is 94.7 cm³/mol. The minimum Gasteiger partial charge on any atom is -0.368 e. The summed E-state index contributed by atoms with van der Waals surface area (Å²) in [5, 5.41) is 2.95. The van der Waals surface area contributed by atoms with Crippen LogP contribution in [0.4, 0.5) is 10.1 Å². The number of nitrogens with zero attached hydrogens (tertiary/aromatic N) is 2. The highest BCUT2D eigenvalue weighted by Gasteiger charge is 2.50. The van der Waals surface area contributed by atoms with Gasteiger partial charge in [0.25, 0.3) is 0 Å². The van der Waals surface area contributed by atoms with Gasteiger partial charge in [-0.3, -0.25) is 9.59 Å². The summed E-state index contributed by atoms with van der Waals surface area (Å²) >= 11 is 0. The molecule has 1 saturated heterocycles. The van der Waals surface area contributed by atoms with Crippen LogP contribution in [0, 0.1) is 17.7 Å². The van der Waals surface area contributed by atoms with Crippen molar-refractivity contribution in [2.24, 2.45) is 11.8 Å². The fraction of sp³-hybridized carbons (Fsp3) is 0.579. The number of amides is 2. The number of nitrogens with one attached hydrogen (secondary N) is 1. The van der Waals surface area contributed by atoms with Gasteiger partial charge < -0.3 is 15.1 Å². The first kappa shape index (κ1) is 17.7. The molecular weight excluding hydrogens is 321 g/mol. The topological polar surface area (TPSA) is 52.7 Å². The highest BCUT2D eigenvalue weighted by atomic mass is 19.1. The molecule has 2 aliphatic rings. The maximum absolute atomic E-state index is 13.0. The van der Waals surface area contributed by atoms with Crippen molar-refractivity contribution in [3.8, 4) is 0 Å². The zero-order valence-corrected chi connectivity index (χ0v) is 15.1. The van der Waals surface area contributed by atoms with Crippen LogP contribution < -0.4 is 10.2 Å². The third-order valence-electron chi connectivity index (χ3n) is 4.73. The van der Waals surface area contributed by atoms with Crippen molar-refractivity contribution in [3.05, 3.63) is 30.1 Å². The van der Waals surface area contributed by atoms with E-state index in [1.807, 2.05) is 25.7 Å². The van der Waals surface area contributed by atoms with Gasteiger partial charge in [-0.1, -0.05) is 0 Å². The second-order valence-electron chi connectivity index (χ2n) is 7.98. The van der Waals surface area contributed by atoms with Gasteiger partial charge in [0.2, 0.25) is 11.8 Å². The highest BCUT2D eigenvalue weighted by Crippen LogP contribution is 2.40. The van der Waals surface area contributed by atoms with Gasteiger partial charge in [-0.05, 0) is 51.5 Å². The van der Waals surface area contributed by atoms with Crippen LogP contribution in [0.1, 0.15) is 27.2 Å². The maximum Gasteiger partial charge on any atom is 0.226 e. The van der Waals surface area contributed by atoms with Crippen LogP contribution in [-0.4, -0.2) is 48.4 Å². The Kier molecular flexibility index (Phi) is 4.71.